The van der Waals surface area contributed by atoms with E-state index in [1.807, 2.05) is 24.3 Å². The minimum absolute atomic E-state index is 0.0212. The zero-order chi connectivity index (χ0) is 22.7. The van der Waals surface area contributed by atoms with Crippen molar-refractivity contribution in [3.8, 4) is 11.1 Å². The molecule has 4 N–H and O–H groups in total. The molecule has 2 aromatic rings. The zero-order valence-corrected chi connectivity index (χ0v) is 17.5. The topological polar surface area (TPSA) is 125 Å². The monoisotopic (exact) mass is 438 g/mol. The summed E-state index contributed by atoms with van der Waals surface area (Å²) in [7, 11) is 0. The van der Waals surface area contributed by atoms with Crippen molar-refractivity contribution in [3.05, 3.63) is 59.7 Å². The van der Waals surface area contributed by atoms with E-state index in [4.69, 9.17) is 14.9 Å². The van der Waals surface area contributed by atoms with Gasteiger partial charge in [-0.2, -0.15) is 0 Å². The van der Waals surface area contributed by atoms with Gasteiger partial charge in [-0.05, 0) is 34.6 Å². The molecule has 8 heteroatoms. The first kappa shape index (κ1) is 21.8. The summed E-state index contributed by atoms with van der Waals surface area (Å²) in [5, 5.41) is 23.1. The predicted octanol–water partition coefficient (Wildman–Crippen LogP) is 2.11. The maximum absolute atomic E-state index is 12.2. The van der Waals surface area contributed by atoms with Gasteiger partial charge in [0.15, 0.2) is 0 Å². The highest BCUT2D eigenvalue weighted by Crippen LogP contribution is 2.44. The predicted molar refractivity (Wildman–Crippen MR) is 116 cm³/mol. The highest BCUT2D eigenvalue weighted by Gasteiger charge is 2.44. The van der Waals surface area contributed by atoms with Crippen molar-refractivity contribution in [2.24, 2.45) is 11.8 Å². The lowest BCUT2D eigenvalue weighted by molar-refractivity contribution is -0.142. The summed E-state index contributed by atoms with van der Waals surface area (Å²) in [6, 6.07) is 15.1. The quantitative estimate of drug-likeness (QED) is 0.475. The molecular weight excluding hydrogens is 412 g/mol. The number of benzene rings is 2. The molecule has 0 aliphatic heterocycles. The molecule has 8 nitrogen and oxygen atoms in total. The van der Waals surface area contributed by atoms with E-state index < -0.39 is 18.1 Å². The van der Waals surface area contributed by atoms with Gasteiger partial charge in [-0.15, -0.1) is 0 Å². The SMILES string of the molecule is O=C(NCC1CC1C(=O)N[C@H](CCO)C(=O)O)OCC1c2ccccc2-c2ccccc21. The third kappa shape index (κ3) is 4.60. The van der Waals surface area contributed by atoms with Crippen molar-refractivity contribution in [2.45, 2.75) is 24.8 Å². The number of fused-ring (bicyclic) bond motifs is 3. The van der Waals surface area contributed by atoms with Crippen LogP contribution in [0.5, 0.6) is 0 Å². The van der Waals surface area contributed by atoms with Crippen LogP contribution in [-0.4, -0.2) is 54.0 Å². The molecule has 2 amide bonds. The van der Waals surface area contributed by atoms with Crippen LogP contribution >= 0.6 is 0 Å². The molecular formula is C24H26N2O6. The Balaban J connectivity index is 1.25. The largest absolute Gasteiger partial charge is 0.480 e. The summed E-state index contributed by atoms with van der Waals surface area (Å²) >= 11 is 0. The molecule has 2 unspecified atom stereocenters. The Morgan fingerprint density at radius 3 is 2.25 bits per heavy atom. The van der Waals surface area contributed by atoms with Gasteiger partial charge in [0.1, 0.15) is 12.6 Å². The number of aliphatic carboxylic acids is 1. The van der Waals surface area contributed by atoms with Crippen LogP contribution < -0.4 is 10.6 Å². The molecule has 2 aliphatic rings. The van der Waals surface area contributed by atoms with Crippen LogP contribution in [0.25, 0.3) is 11.1 Å². The maximum atomic E-state index is 12.2. The van der Waals surface area contributed by atoms with Crippen LogP contribution in [0.4, 0.5) is 4.79 Å². The van der Waals surface area contributed by atoms with E-state index >= 15 is 0 Å². The molecule has 0 heterocycles. The highest BCUT2D eigenvalue weighted by molar-refractivity contribution is 5.86. The van der Waals surface area contributed by atoms with Crippen LogP contribution in [0.15, 0.2) is 48.5 Å². The summed E-state index contributed by atoms with van der Waals surface area (Å²) in [4.78, 5) is 35.5. The first-order valence-corrected chi connectivity index (χ1v) is 10.7. The Hall–Kier alpha value is -3.39. The number of ether oxygens (including phenoxy) is 1. The lowest BCUT2D eigenvalue weighted by Gasteiger charge is -2.15. The van der Waals surface area contributed by atoms with Gasteiger partial charge in [0, 0.05) is 31.4 Å². The normalized spacial score (nSPS) is 19.4. The lowest BCUT2D eigenvalue weighted by atomic mass is 9.98. The first-order chi connectivity index (χ1) is 15.5. The van der Waals surface area contributed by atoms with Gasteiger partial charge < -0.3 is 25.6 Å². The molecule has 1 fully saturated rings. The number of carbonyl (C=O) groups is 3. The van der Waals surface area contributed by atoms with Crippen LogP contribution in [0.1, 0.15) is 29.9 Å². The number of nitrogens with one attached hydrogen (secondary N) is 2. The van der Waals surface area contributed by atoms with Crippen LogP contribution in [0.2, 0.25) is 0 Å². The van der Waals surface area contributed by atoms with Crippen LogP contribution in [-0.2, 0) is 14.3 Å². The van der Waals surface area contributed by atoms with E-state index in [9.17, 15) is 14.4 Å². The smallest absolute Gasteiger partial charge is 0.407 e. The van der Waals surface area contributed by atoms with Crippen LogP contribution in [0, 0.1) is 11.8 Å². The number of rotatable bonds is 9. The number of hydrogen-bond acceptors (Lipinski definition) is 5. The van der Waals surface area contributed by atoms with Gasteiger partial charge in [-0.1, -0.05) is 48.5 Å². The van der Waals surface area contributed by atoms with E-state index in [1.54, 1.807) is 0 Å². The Kier molecular flexibility index (Phi) is 6.41. The van der Waals surface area contributed by atoms with E-state index in [0.29, 0.717) is 6.42 Å². The minimum Gasteiger partial charge on any atom is -0.480 e. The third-order valence-corrected chi connectivity index (χ3v) is 6.14. The second-order valence-electron chi connectivity index (χ2n) is 8.22. The lowest BCUT2D eigenvalue weighted by Crippen LogP contribution is -2.42. The molecule has 4 rings (SSSR count). The van der Waals surface area contributed by atoms with Gasteiger partial charge in [-0.25, -0.2) is 9.59 Å². The first-order valence-electron chi connectivity index (χ1n) is 10.7. The third-order valence-electron chi connectivity index (χ3n) is 6.14. The molecule has 1 saturated carbocycles. The molecule has 2 aromatic carbocycles. The molecule has 0 bridgehead atoms. The number of hydrogen-bond donors (Lipinski definition) is 4. The Morgan fingerprint density at radius 2 is 1.66 bits per heavy atom. The highest BCUT2D eigenvalue weighted by atomic mass is 16.5. The van der Waals surface area contributed by atoms with Crippen molar-refractivity contribution in [2.75, 3.05) is 19.8 Å². The minimum atomic E-state index is -1.18. The van der Waals surface area contributed by atoms with Gasteiger partial charge in [-0.3, -0.25) is 4.79 Å². The zero-order valence-electron chi connectivity index (χ0n) is 17.5. The fourth-order valence-corrected chi connectivity index (χ4v) is 4.32. The van der Waals surface area contributed by atoms with Crippen molar-refractivity contribution in [1.82, 2.24) is 10.6 Å². The van der Waals surface area contributed by atoms with E-state index in [2.05, 4.69) is 34.9 Å². The average Bonchev–Trinajstić information content (AvgIpc) is 3.51. The summed E-state index contributed by atoms with van der Waals surface area (Å²) in [5.74, 6) is -1.97. The number of amides is 2. The van der Waals surface area contributed by atoms with Crippen molar-refractivity contribution < 1.29 is 29.3 Å². The molecule has 0 aromatic heterocycles. The number of alkyl carbamates (subject to hydrolysis) is 1. The van der Waals surface area contributed by atoms with Gasteiger partial charge in [0.25, 0.3) is 0 Å². The van der Waals surface area contributed by atoms with E-state index in [0.717, 1.165) is 22.3 Å². The molecule has 32 heavy (non-hydrogen) atoms. The molecule has 0 radical (unpaired) electrons. The number of carbonyl (C=O) groups excluding carboxylic acids is 2. The molecule has 0 spiro atoms. The molecule has 0 saturated heterocycles. The second kappa shape index (κ2) is 9.40. The fraction of sp³-hybridized carbons (Fsp3) is 0.375. The summed E-state index contributed by atoms with van der Waals surface area (Å²) in [6.07, 6.45) is -0.0150. The van der Waals surface area contributed by atoms with Crippen molar-refractivity contribution in [3.63, 3.8) is 0 Å². The summed E-state index contributed by atoms with van der Waals surface area (Å²) in [6.45, 7) is 0.178. The molecule has 2 aliphatic carbocycles. The number of aliphatic hydroxyl groups excluding tert-OH is 1. The number of carboxylic acids is 1. The standard InChI is InChI=1S/C24H26N2O6/c27-10-9-21(23(29)30)26-22(28)19-11-14(19)12-25-24(31)32-13-20-17-7-3-1-5-15(17)16-6-2-4-8-18(16)20/h1-8,14,19-21,27H,9-13H2,(H,25,31)(H,26,28)(H,29,30)/t14?,19?,21-/m1/s1. The fourth-order valence-electron chi connectivity index (χ4n) is 4.32. The average molecular weight is 438 g/mol. The Morgan fingerprint density at radius 1 is 1.03 bits per heavy atom. The maximum Gasteiger partial charge on any atom is 0.407 e. The summed E-state index contributed by atoms with van der Waals surface area (Å²) in [5.41, 5.74) is 4.59. The summed E-state index contributed by atoms with van der Waals surface area (Å²) < 4.78 is 5.49. The van der Waals surface area contributed by atoms with Crippen LogP contribution in [0.3, 0.4) is 0 Å². The number of aliphatic hydroxyl groups is 1. The molecule has 168 valence electrons. The van der Waals surface area contributed by atoms with E-state index in [-0.39, 0.29) is 49.8 Å². The van der Waals surface area contributed by atoms with Crippen molar-refractivity contribution in [1.29, 1.82) is 0 Å². The second-order valence-corrected chi connectivity index (χ2v) is 8.22. The van der Waals surface area contributed by atoms with Crippen molar-refractivity contribution >= 4 is 18.0 Å². The molecule has 3 atom stereocenters. The Bertz CT molecular complexity index is 978. The number of carboxylic acid groups (broad SMARTS) is 1. The van der Waals surface area contributed by atoms with Gasteiger partial charge in [0.2, 0.25) is 5.91 Å². The van der Waals surface area contributed by atoms with Gasteiger partial charge >= 0.3 is 12.1 Å². The van der Waals surface area contributed by atoms with Gasteiger partial charge in [0.05, 0.1) is 0 Å². The van der Waals surface area contributed by atoms with E-state index in [1.165, 1.54) is 0 Å². The Labute approximate surface area is 185 Å².